The first-order valence-corrected chi connectivity index (χ1v) is 5.58. The Hall–Kier alpha value is -1.07. The van der Waals surface area contributed by atoms with Crippen LogP contribution < -0.4 is 10.1 Å². The fourth-order valence-electron chi connectivity index (χ4n) is 1.80. The number of nitrogens with one attached hydrogen (secondary N) is 1. The maximum absolute atomic E-state index is 5.85. The summed E-state index contributed by atoms with van der Waals surface area (Å²) in [5.41, 5.74) is 0. The molecule has 1 aliphatic heterocycles. The first kappa shape index (κ1) is 11.4. The van der Waals surface area contributed by atoms with Crippen LogP contribution in [0, 0.1) is 0 Å². The fraction of sp³-hybridized carbons (Fsp3) is 0.600. The third kappa shape index (κ3) is 2.54. The minimum atomic E-state index is 0.399. The largest absolute Gasteiger partial charge is 0.480 e. The van der Waals surface area contributed by atoms with E-state index in [0.29, 0.717) is 22.9 Å². The lowest BCUT2D eigenvalue weighted by Gasteiger charge is -2.13. The maximum Gasteiger partial charge on any atom is 0.237 e. The smallest absolute Gasteiger partial charge is 0.237 e. The molecule has 1 N–H and O–H groups in total. The molecule has 0 saturated carbocycles. The summed E-state index contributed by atoms with van der Waals surface area (Å²) in [5.74, 6) is 0.979. The lowest BCUT2D eigenvalue weighted by Crippen LogP contribution is -2.24. The lowest BCUT2D eigenvalue weighted by atomic mass is 10.3. The van der Waals surface area contributed by atoms with E-state index in [4.69, 9.17) is 16.3 Å². The molecular weight excluding hydrogens is 228 g/mol. The van der Waals surface area contributed by atoms with Crippen LogP contribution in [0.2, 0.25) is 5.02 Å². The van der Waals surface area contributed by atoms with Gasteiger partial charge < -0.3 is 15.0 Å². The molecule has 0 amide bonds. The van der Waals surface area contributed by atoms with Crippen molar-refractivity contribution >= 4 is 17.5 Å². The summed E-state index contributed by atoms with van der Waals surface area (Å²) in [6, 6.07) is 0.399. The Bertz CT molecular complexity index is 374. The van der Waals surface area contributed by atoms with E-state index in [1.165, 1.54) is 0 Å². The molecule has 0 bridgehead atoms. The topological polar surface area (TPSA) is 50.3 Å². The van der Waals surface area contributed by atoms with E-state index in [1.54, 1.807) is 13.3 Å². The molecule has 88 valence electrons. The third-order valence-corrected chi connectivity index (χ3v) is 2.89. The van der Waals surface area contributed by atoms with E-state index < -0.39 is 0 Å². The highest BCUT2D eigenvalue weighted by atomic mass is 35.5. The van der Waals surface area contributed by atoms with Crippen LogP contribution in [0.4, 0.5) is 5.95 Å². The fourth-order valence-corrected chi connectivity index (χ4v) is 1.97. The highest BCUT2D eigenvalue weighted by molar-refractivity contribution is 6.31. The number of hydrogen-bond donors (Lipinski definition) is 1. The Morgan fingerprint density at radius 3 is 3.06 bits per heavy atom. The molecule has 1 fully saturated rings. The summed E-state index contributed by atoms with van der Waals surface area (Å²) in [7, 11) is 3.65. The normalized spacial score (nSPS) is 21.1. The Morgan fingerprint density at radius 1 is 1.62 bits per heavy atom. The van der Waals surface area contributed by atoms with Gasteiger partial charge in [-0.1, -0.05) is 11.6 Å². The molecule has 1 aromatic heterocycles. The van der Waals surface area contributed by atoms with Crippen LogP contribution in [0.25, 0.3) is 0 Å². The summed E-state index contributed by atoms with van der Waals surface area (Å²) < 4.78 is 5.04. The minimum Gasteiger partial charge on any atom is -0.480 e. The average Bonchev–Trinajstić information content (AvgIpc) is 2.67. The monoisotopic (exact) mass is 242 g/mol. The second kappa shape index (κ2) is 4.84. The molecular formula is C10H15ClN4O. The summed E-state index contributed by atoms with van der Waals surface area (Å²) in [5, 5.41) is 3.70. The number of rotatable bonds is 3. The molecule has 1 aromatic rings. The highest BCUT2D eigenvalue weighted by Crippen LogP contribution is 2.22. The van der Waals surface area contributed by atoms with Gasteiger partial charge in [-0.2, -0.15) is 4.98 Å². The predicted octanol–water partition coefficient (Wildman–Crippen LogP) is 1.25. The first-order chi connectivity index (χ1) is 7.69. The number of nitrogens with zero attached hydrogens (tertiary/aromatic N) is 3. The second-order valence-corrected chi connectivity index (χ2v) is 4.35. The van der Waals surface area contributed by atoms with Crippen LogP contribution in [0.15, 0.2) is 6.20 Å². The molecule has 1 saturated heterocycles. The predicted molar refractivity (Wildman–Crippen MR) is 63.1 cm³/mol. The SMILES string of the molecule is COc1nc(N[C@@H]2CCN(C)C2)ncc1Cl. The number of likely N-dealkylation sites (N-methyl/N-ethyl adjacent to an activating group) is 1. The summed E-state index contributed by atoms with van der Waals surface area (Å²) in [6.45, 7) is 2.11. The molecule has 16 heavy (non-hydrogen) atoms. The highest BCUT2D eigenvalue weighted by Gasteiger charge is 2.20. The van der Waals surface area contributed by atoms with Crippen molar-refractivity contribution in [3.8, 4) is 5.88 Å². The van der Waals surface area contributed by atoms with Gasteiger partial charge in [0.2, 0.25) is 11.8 Å². The van der Waals surface area contributed by atoms with Crippen LogP contribution in [0.1, 0.15) is 6.42 Å². The number of aromatic nitrogens is 2. The molecule has 6 heteroatoms. The van der Waals surface area contributed by atoms with Crippen molar-refractivity contribution in [3.05, 3.63) is 11.2 Å². The van der Waals surface area contributed by atoms with Gasteiger partial charge in [0, 0.05) is 12.6 Å². The quantitative estimate of drug-likeness (QED) is 0.865. The molecule has 2 rings (SSSR count). The zero-order valence-corrected chi connectivity index (χ0v) is 10.2. The molecule has 0 aromatic carbocycles. The van der Waals surface area contributed by atoms with Crippen molar-refractivity contribution in [2.75, 3.05) is 32.6 Å². The third-order valence-electron chi connectivity index (χ3n) is 2.63. The first-order valence-electron chi connectivity index (χ1n) is 5.20. The zero-order chi connectivity index (χ0) is 11.5. The van der Waals surface area contributed by atoms with Gasteiger partial charge in [-0.15, -0.1) is 0 Å². The second-order valence-electron chi connectivity index (χ2n) is 3.94. The molecule has 0 aliphatic carbocycles. The van der Waals surface area contributed by atoms with Gasteiger partial charge >= 0.3 is 0 Å². The van der Waals surface area contributed by atoms with Crippen LogP contribution in [-0.4, -0.2) is 48.2 Å². The van der Waals surface area contributed by atoms with Crippen molar-refractivity contribution in [3.63, 3.8) is 0 Å². The minimum absolute atomic E-state index is 0.399. The number of methoxy groups -OCH3 is 1. The Balaban J connectivity index is 2.04. The molecule has 5 nitrogen and oxygen atoms in total. The Kier molecular flexibility index (Phi) is 3.46. The van der Waals surface area contributed by atoms with Gasteiger partial charge in [-0.05, 0) is 20.0 Å². The van der Waals surface area contributed by atoms with Gasteiger partial charge in [0.25, 0.3) is 0 Å². The van der Waals surface area contributed by atoms with Gasteiger partial charge in [-0.25, -0.2) is 4.98 Å². The molecule has 0 radical (unpaired) electrons. The van der Waals surface area contributed by atoms with Crippen LogP contribution in [0.5, 0.6) is 5.88 Å². The van der Waals surface area contributed by atoms with Crippen molar-refractivity contribution in [2.24, 2.45) is 0 Å². The van der Waals surface area contributed by atoms with Crippen LogP contribution in [0.3, 0.4) is 0 Å². The summed E-state index contributed by atoms with van der Waals surface area (Å²) >= 11 is 5.85. The Morgan fingerprint density at radius 2 is 2.44 bits per heavy atom. The van der Waals surface area contributed by atoms with Gasteiger partial charge in [0.15, 0.2) is 0 Å². The number of anilines is 1. The van der Waals surface area contributed by atoms with Crippen molar-refractivity contribution < 1.29 is 4.74 Å². The Labute approximate surface area is 99.8 Å². The van der Waals surface area contributed by atoms with E-state index in [1.807, 2.05) is 0 Å². The number of hydrogen-bond acceptors (Lipinski definition) is 5. The molecule has 0 spiro atoms. The molecule has 1 aliphatic rings. The van der Waals surface area contributed by atoms with Crippen molar-refractivity contribution in [2.45, 2.75) is 12.5 Å². The van der Waals surface area contributed by atoms with Gasteiger partial charge in [0.05, 0.1) is 13.3 Å². The molecule has 0 unspecified atom stereocenters. The standard InChI is InChI=1S/C10H15ClN4O/c1-15-4-3-7(6-15)13-10-12-5-8(11)9(14-10)16-2/h5,7H,3-4,6H2,1-2H3,(H,12,13,14)/t7-/m1/s1. The molecule has 2 heterocycles. The van der Waals surface area contributed by atoms with Crippen LogP contribution in [-0.2, 0) is 0 Å². The zero-order valence-electron chi connectivity index (χ0n) is 9.40. The maximum atomic E-state index is 5.85. The van der Waals surface area contributed by atoms with Crippen molar-refractivity contribution in [1.82, 2.24) is 14.9 Å². The van der Waals surface area contributed by atoms with E-state index in [-0.39, 0.29) is 0 Å². The lowest BCUT2D eigenvalue weighted by molar-refractivity contribution is 0.397. The molecule has 1 atom stereocenters. The number of halogens is 1. The van der Waals surface area contributed by atoms with E-state index in [2.05, 4.69) is 27.2 Å². The number of likely N-dealkylation sites (tertiary alicyclic amines) is 1. The van der Waals surface area contributed by atoms with E-state index >= 15 is 0 Å². The average molecular weight is 243 g/mol. The van der Waals surface area contributed by atoms with Gasteiger partial charge in [-0.3, -0.25) is 0 Å². The van der Waals surface area contributed by atoms with Crippen molar-refractivity contribution in [1.29, 1.82) is 0 Å². The van der Waals surface area contributed by atoms with E-state index in [9.17, 15) is 0 Å². The van der Waals surface area contributed by atoms with Crippen LogP contribution >= 0.6 is 11.6 Å². The van der Waals surface area contributed by atoms with E-state index in [0.717, 1.165) is 19.5 Å². The summed E-state index contributed by atoms with van der Waals surface area (Å²) in [4.78, 5) is 10.6. The summed E-state index contributed by atoms with van der Waals surface area (Å²) in [6.07, 6.45) is 2.65. The number of ether oxygens (including phenoxy) is 1. The van der Waals surface area contributed by atoms with Gasteiger partial charge in [0.1, 0.15) is 5.02 Å².